The minimum Gasteiger partial charge on any atom is -0.481 e. The Bertz CT molecular complexity index is 756. The van der Waals surface area contributed by atoms with Gasteiger partial charge in [0.2, 0.25) is 0 Å². The number of aromatic nitrogens is 2. The van der Waals surface area contributed by atoms with Crippen LogP contribution in [0.4, 0.5) is 0 Å². The monoisotopic (exact) mass is 366 g/mol. The number of carboxylic acids is 1. The lowest BCUT2D eigenvalue weighted by atomic mass is 10.1. The van der Waals surface area contributed by atoms with E-state index in [4.69, 9.17) is 33.4 Å². The van der Waals surface area contributed by atoms with E-state index >= 15 is 0 Å². The number of hydrogen-bond acceptors (Lipinski definition) is 2. The van der Waals surface area contributed by atoms with Crippen LogP contribution in [-0.4, -0.2) is 20.9 Å². The molecule has 24 heavy (non-hydrogen) atoms. The van der Waals surface area contributed by atoms with Crippen molar-refractivity contribution in [2.75, 3.05) is 0 Å². The van der Waals surface area contributed by atoms with Crippen LogP contribution in [0.2, 0.25) is 10.0 Å². The molecule has 0 amide bonds. The molecule has 0 bridgehead atoms. The van der Waals surface area contributed by atoms with Gasteiger partial charge in [-0.2, -0.15) is 5.10 Å². The average molecular weight is 367 g/mol. The first kappa shape index (κ1) is 17.3. The first-order chi connectivity index (χ1) is 11.6. The number of aryl methyl sites for hydroxylation is 1. The molecule has 2 aromatic rings. The number of rotatable bonds is 7. The molecule has 1 N–H and O–H groups in total. The Morgan fingerprint density at radius 1 is 1.17 bits per heavy atom. The fourth-order valence-corrected chi connectivity index (χ4v) is 3.58. The van der Waals surface area contributed by atoms with Crippen molar-refractivity contribution in [2.24, 2.45) is 0 Å². The van der Waals surface area contributed by atoms with E-state index in [2.05, 4.69) is 0 Å². The lowest BCUT2D eigenvalue weighted by Gasteiger charge is -2.06. The normalized spacial score (nSPS) is 13.2. The summed E-state index contributed by atoms with van der Waals surface area (Å²) >= 11 is 12.2. The van der Waals surface area contributed by atoms with Gasteiger partial charge in [-0.1, -0.05) is 29.6 Å². The number of fused-ring (bicyclic) bond motifs is 1. The largest absolute Gasteiger partial charge is 0.481 e. The number of hydrogen-bond donors (Lipinski definition) is 1. The van der Waals surface area contributed by atoms with Crippen molar-refractivity contribution < 1.29 is 9.90 Å². The van der Waals surface area contributed by atoms with Gasteiger partial charge >= 0.3 is 5.97 Å². The number of aliphatic carboxylic acids is 1. The molecule has 0 saturated heterocycles. The SMILES string of the molecule is O=C(O)CCCCCc1nn(-c2ccc(Cl)c(Cl)c2)c2c1CCC2. The first-order valence-corrected chi connectivity index (χ1v) is 9.08. The summed E-state index contributed by atoms with van der Waals surface area (Å²) in [6.45, 7) is 0. The minimum atomic E-state index is -0.722. The predicted octanol–water partition coefficient (Wildman–Crippen LogP) is 4.86. The minimum absolute atomic E-state index is 0.246. The summed E-state index contributed by atoms with van der Waals surface area (Å²) in [6, 6.07) is 5.59. The van der Waals surface area contributed by atoms with Gasteiger partial charge in [0.25, 0.3) is 0 Å². The molecule has 1 aromatic carbocycles. The summed E-state index contributed by atoms with van der Waals surface area (Å²) in [7, 11) is 0. The van der Waals surface area contributed by atoms with Crippen LogP contribution in [0.25, 0.3) is 5.69 Å². The van der Waals surface area contributed by atoms with Crippen LogP contribution in [0.15, 0.2) is 18.2 Å². The Morgan fingerprint density at radius 2 is 2.00 bits per heavy atom. The lowest BCUT2D eigenvalue weighted by molar-refractivity contribution is -0.137. The molecule has 0 atom stereocenters. The van der Waals surface area contributed by atoms with E-state index in [0.717, 1.165) is 56.3 Å². The maximum atomic E-state index is 10.6. The summed E-state index contributed by atoms with van der Waals surface area (Å²) in [4.78, 5) is 10.6. The van der Waals surface area contributed by atoms with Crippen LogP contribution in [0, 0.1) is 0 Å². The van der Waals surface area contributed by atoms with Crippen molar-refractivity contribution in [1.82, 2.24) is 9.78 Å². The Kier molecular flexibility index (Phi) is 5.47. The Balaban J connectivity index is 1.75. The van der Waals surface area contributed by atoms with Gasteiger partial charge in [0.15, 0.2) is 0 Å². The van der Waals surface area contributed by atoms with E-state index in [1.807, 2.05) is 16.8 Å². The summed E-state index contributed by atoms with van der Waals surface area (Å²) in [5.41, 5.74) is 4.72. The lowest BCUT2D eigenvalue weighted by Crippen LogP contribution is -2.02. The summed E-state index contributed by atoms with van der Waals surface area (Å²) in [6.07, 6.45) is 7.01. The first-order valence-electron chi connectivity index (χ1n) is 8.33. The standard InChI is InChI=1S/C18H20Cl2N2O2/c19-14-10-9-12(11-15(14)20)22-17-7-4-5-13(17)16(21-22)6-2-1-3-8-18(23)24/h9-11H,1-8H2,(H,23,24). The number of carbonyl (C=O) groups is 1. The number of carboxylic acid groups (broad SMARTS) is 1. The molecular weight excluding hydrogens is 347 g/mol. The summed E-state index contributed by atoms with van der Waals surface area (Å²) in [5, 5.41) is 14.6. The molecule has 1 heterocycles. The molecule has 3 rings (SSSR count). The van der Waals surface area contributed by atoms with E-state index in [9.17, 15) is 4.79 Å². The Morgan fingerprint density at radius 3 is 2.75 bits per heavy atom. The van der Waals surface area contributed by atoms with Crippen LogP contribution < -0.4 is 0 Å². The molecule has 0 saturated carbocycles. The van der Waals surface area contributed by atoms with Gasteiger partial charge in [0, 0.05) is 12.1 Å². The van der Waals surface area contributed by atoms with Crippen molar-refractivity contribution >= 4 is 29.2 Å². The molecule has 0 radical (unpaired) electrons. The Labute approximate surface area is 151 Å². The molecule has 4 nitrogen and oxygen atoms in total. The van der Waals surface area contributed by atoms with E-state index in [-0.39, 0.29) is 6.42 Å². The predicted molar refractivity (Wildman–Crippen MR) is 95.4 cm³/mol. The van der Waals surface area contributed by atoms with E-state index in [1.54, 1.807) is 6.07 Å². The molecule has 0 spiro atoms. The fourth-order valence-electron chi connectivity index (χ4n) is 3.29. The number of halogens is 2. The maximum Gasteiger partial charge on any atom is 0.303 e. The molecule has 1 aliphatic rings. The average Bonchev–Trinajstić information content (AvgIpc) is 3.13. The third kappa shape index (κ3) is 3.76. The van der Waals surface area contributed by atoms with Crippen LogP contribution in [0.3, 0.4) is 0 Å². The summed E-state index contributed by atoms with van der Waals surface area (Å²) in [5.74, 6) is -0.722. The molecule has 0 fully saturated rings. The van der Waals surface area contributed by atoms with E-state index in [1.165, 1.54) is 11.3 Å². The third-order valence-electron chi connectivity index (χ3n) is 4.47. The van der Waals surface area contributed by atoms with Gasteiger partial charge in [-0.05, 0) is 62.3 Å². The van der Waals surface area contributed by atoms with E-state index in [0.29, 0.717) is 10.0 Å². The smallest absolute Gasteiger partial charge is 0.303 e. The third-order valence-corrected chi connectivity index (χ3v) is 5.20. The van der Waals surface area contributed by atoms with Crippen molar-refractivity contribution in [1.29, 1.82) is 0 Å². The molecule has 1 aliphatic carbocycles. The zero-order valence-electron chi connectivity index (χ0n) is 13.4. The van der Waals surface area contributed by atoms with Crippen LogP contribution >= 0.6 is 23.2 Å². The van der Waals surface area contributed by atoms with Crippen molar-refractivity contribution in [3.63, 3.8) is 0 Å². The zero-order valence-corrected chi connectivity index (χ0v) is 14.9. The van der Waals surface area contributed by atoms with Crippen molar-refractivity contribution in [2.45, 2.75) is 51.4 Å². The van der Waals surface area contributed by atoms with Gasteiger partial charge in [-0.15, -0.1) is 0 Å². The Hall–Kier alpha value is -1.52. The molecule has 0 aliphatic heterocycles. The van der Waals surface area contributed by atoms with Gasteiger partial charge < -0.3 is 5.11 Å². The van der Waals surface area contributed by atoms with Gasteiger partial charge in [-0.25, -0.2) is 4.68 Å². The molecule has 6 heteroatoms. The highest BCUT2D eigenvalue weighted by atomic mass is 35.5. The van der Waals surface area contributed by atoms with Gasteiger partial charge in [-0.3, -0.25) is 4.79 Å². The second-order valence-electron chi connectivity index (χ2n) is 6.19. The second-order valence-corrected chi connectivity index (χ2v) is 7.00. The van der Waals surface area contributed by atoms with Gasteiger partial charge in [0.05, 0.1) is 21.4 Å². The summed E-state index contributed by atoms with van der Waals surface area (Å²) < 4.78 is 2.00. The number of benzene rings is 1. The second kappa shape index (κ2) is 7.58. The molecule has 1 aromatic heterocycles. The number of nitrogens with zero attached hydrogens (tertiary/aromatic N) is 2. The van der Waals surface area contributed by atoms with Crippen molar-refractivity contribution in [3.8, 4) is 5.69 Å². The fraction of sp³-hybridized carbons (Fsp3) is 0.444. The highest BCUT2D eigenvalue weighted by Gasteiger charge is 2.23. The highest BCUT2D eigenvalue weighted by Crippen LogP contribution is 2.31. The quantitative estimate of drug-likeness (QED) is 0.712. The van der Waals surface area contributed by atoms with Crippen molar-refractivity contribution in [3.05, 3.63) is 45.2 Å². The molecule has 128 valence electrons. The zero-order chi connectivity index (χ0) is 17.1. The molecule has 0 unspecified atom stereocenters. The maximum absolute atomic E-state index is 10.6. The molecular formula is C18H20Cl2N2O2. The van der Waals surface area contributed by atoms with Crippen LogP contribution in [0.1, 0.15) is 49.1 Å². The van der Waals surface area contributed by atoms with Gasteiger partial charge in [0.1, 0.15) is 0 Å². The number of unbranched alkanes of at least 4 members (excludes halogenated alkanes) is 2. The van der Waals surface area contributed by atoms with Crippen LogP contribution in [-0.2, 0) is 24.1 Å². The van der Waals surface area contributed by atoms with E-state index < -0.39 is 5.97 Å². The topological polar surface area (TPSA) is 55.1 Å². The highest BCUT2D eigenvalue weighted by molar-refractivity contribution is 6.42. The van der Waals surface area contributed by atoms with Crippen LogP contribution in [0.5, 0.6) is 0 Å².